The molecular weight excluding hydrogens is 490 g/mol. The summed E-state index contributed by atoms with van der Waals surface area (Å²) in [6, 6.07) is 9.39. The highest BCUT2D eigenvalue weighted by molar-refractivity contribution is 7.94. The maximum absolute atomic E-state index is 13.5. The molecule has 3 heterocycles. The molecule has 1 amide bonds. The molecule has 0 unspecified atom stereocenters. The zero-order valence-corrected chi connectivity index (χ0v) is 22.4. The van der Waals surface area contributed by atoms with E-state index in [-0.39, 0.29) is 12.5 Å². The van der Waals surface area contributed by atoms with Crippen molar-refractivity contribution in [2.24, 2.45) is 7.05 Å². The molecule has 0 N–H and O–H groups in total. The Morgan fingerprint density at radius 1 is 1.19 bits per heavy atom. The Kier molecular flexibility index (Phi) is 5.98. The van der Waals surface area contributed by atoms with E-state index < -0.39 is 19.3 Å². The second-order valence-corrected chi connectivity index (χ2v) is 13.7. The van der Waals surface area contributed by atoms with E-state index in [1.807, 2.05) is 19.1 Å². The molecule has 1 fully saturated rings. The van der Waals surface area contributed by atoms with Crippen LogP contribution in [-0.2, 0) is 29.9 Å². The molecule has 1 aromatic carbocycles. The maximum Gasteiger partial charge on any atom is 0.272 e. The zero-order chi connectivity index (χ0) is 26.6. The average molecular weight is 522 g/mol. The minimum atomic E-state index is -3.41. The second kappa shape index (κ2) is 8.80. The first-order valence-corrected chi connectivity index (χ1v) is 14.0. The zero-order valence-electron chi connectivity index (χ0n) is 21.6. The van der Waals surface area contributed by atoms with Gasteiger partial charge in [0.05, 0.1) is 33.9 Å². The summed E-state index contributed by atoms with van der Waals surface area (Å²) in [5, 5.41) is 22.1. The number of nitrogens with zero attached hydrogens (tertiary/aromatic N) is 7. The van der Waals surface area contributed by atoms with Crippen LogP contribution in [0.15, 0.2) is 30.5 Å². The molecule has 2 aromatic heterocycles. The van der Waals surface area contributed by atoms with Gasteiger partial charge in [-0.2, -0.15) is 10.4 Å². The summed E-state index contributed by atoms with van der Waals surface area (Å²) in [6.07, 6.45) is 4.09. The first-order valence-electron chi connectivity index (χ1n) is 12.5. The number of amides is 1. The lowest BCUT2D eigenvalue weighted by Gasteiger charge is -2.35. The van der Waals surface area contributed by atoms with E-state index in [1.165, 1.54) is 0 Å². The number of benzene rings is 1. The molecule has 0 atom stereocenters. The molecule has 0 saturated heterocycles. The second-order valence-electron chi connectivity index (χ2n) is 10.7. The smallest absolute Gasteiger partial charge is 0.272 e. The largest absolute Gasteiger partial charge is 0.335 e. The van der Waals surface area contributed by atoms with Crippen LogP contribution >= 0.6 is 0 Å². The number of carbonyl (C=O) groups excluding carboxylic acids is 1. The van der Waals surface area contributed by atoms with E-state index in [0.29, 0.717) is 61.4 Å². The molecule has 1 aliphatic heterocycles. The number of nitriles is 1. The third kappa shape index (κ3) is 4.13. The van der Waals surface area contributed by atoms with Gasteiger partial charge in [0, 0.05) is 25.7 Å². The van der Waals surface area contributed by atoms with Crippen LogP contribution in [0.25, 0.3) is 11.4 Å². The minimum Gasteiger partial charge on any atom is -0.335 e. The number of hydrogen-bond acceptors (Lipinski definition) is 7. The fraction of sp³-hybridized carbons (Fsp3) is 0.500. The SMILES string of the molecule is CCC(C)(C)S(=O)(=O)C1(CN2CCc3c(-c4cn(Cc5ccc(C#N)cc5)nn4)nn(C)c3C2=O)CC1. The molecule has 11 heteroatoms. The number of carbonyl (C=O) groups is 1. The molecule has 0 radical (unpaired) electrons. The number of hydrogen-bond donors (Lipinski definition) is 0. The van der Waals surface area contributed by atoms with Crippen molar-refractivity contribution >= 4 is 15.7 Å². The molecule has 10 nitrogen and oxygen atoms in total. The Bertz CT molecular complexity index is 1510. The number of aromatic nitrogens is 5. The molecule has 1 aliphatic carbocycles. The third-order valence-electron chi connectivity index (χ3n) is 7.91. The third-order valence-corrected chi connectivity index (χ3v) is 11.3. The predicted molar refractivity (Wildman–Crippen MR) is 137 cm³/mol. The number of aryl methyl sites for hydroxylation is 1. The highest BCUT2D eigenvalue weighted by Crippen LogP contribution is 2.50. The Balaban J connectivity index is 1.36. The normalized spacial score (nSPS) is 16.9. The van der Waals surface area contributed by atoms with Crippen LogP contribution in [0.3, 0.4) is 0 Å². The van der Waals surface area contributed by atoms with Crippen molar-refractivity contribution in [1.82, 2.24) is 29.7 Å². The van der Waals surface area contributed by atoms with Crippen molar-refractivity contribution in [3.05, 3.63) is 52.8 Å². The molecule has 194 valence electrons. The van der Waals surface area contributed by atoms with Crippen LogP contribution in [-0.4, -0.2) is 66.6 Å². The fourth-order valence-electron chi connectivity index (χ4n) is 5.06. The van der Waals surface area contributed by atoms with E-state index in [9.17, 15) is 13.2 Å². The molecule has 3 aromatic rings. The van der Waals surface area contributed by atoms with Gasteiger partial charge in [0.25, 0.3) is 5.91 Å². The topological polar surface area (TPSA) is 127 Å². The van der Waals surface area contributed by atoms with Crippen LogP contribution in [0.5, 0.6) is 0 Å². The maximum atomic E-state index is 13.5. The highest BCUT2D eigenvalue weighted by atomic mass is 32.2. The summed E-state index contributed by atoms with van der Waals surface area (Å²) < 4.78 is 28.5. The van der Waals surface area contributed by atoms with Gasteiger partial charge in [-0.3, -0.25) is 9.48 Å². The van der Waals surface area contributed by atoms with Gasteiger partial charge in [0.1, 0.15) is 17.1 Å². The molecule has 5 rings (SSSR count). The predicted octanol–water partition coefficient (Wildman–Crippen LogP) is 2.73. The van der Waals surface area contributed by atoms with Crippen LogP contribution < -0.4 is 0 Å². The van der Waals surface area contributed by atoms with E-state index in [1.54, 1.807) is 53.5 Å². The first kappa shape index (κ1) is 25.1. The van der Waals surface area contributed by atoms with Gasteiger partial charge in [-0.25, -0.2) is 13.1 Å². The van der Waals surface area contributed by atoms with Gasteiger partial charge in [0.2, 0.25) is 0 Å². The lowest BCUT2D eigenvalue weighted by molar-refractivity contribution is 0.0724. The van der Waals surface area contributed by atoms with E-state index in [0.717, 1.165) is 11.1 Å². The van der Waals surface area contributed by atoms with E-state index in [2.05, 4.69) is 21.5 Å². The van der Waals surface area contributed by atoms with Crippen molar-refractivity contribution < 1.29 is 13.2 Å². The van der Waals surface area contributed by atoms with Crippen LogP contribution in [0.4, 0.5) is 0 Å². The summed E-state index contributed by atoms with van der Waals surface area (Å²) >= 11 is 0. The van der Waals surface area contributed by atoms with Crippen molar-refractivity contribution in [3.63, 3.8) is 0 Å². The van der Waals surface area contributed by atoms with Gasteiger partial charge in [0.15, 0.2) is 9.84 Å². The number of fused-ring (bicyclic) bond motifs is 1. The molecule has 0 spiro atoms. The summed E-state index contributed by atoms with van der Waals surface area (Å²) in [5.74, 6) is -0.191. The fourth-order valence-corrected chi connectivity index (χ4v) is 7.58. The van der Waals surface area contributed by atoms with E-state index >= 15 is 0 Å². The van der Waals surface area contributed by atoms with Gasteiger partial charge in [-0.05, 0) is 57.2 Å². The Hall–Kier alpha value is -3.52. The molecule has 37 heavy (non-hydrogen) atoms. The summed E-state index contributed by atoms with van der Waals surface area (Å²) in [6.45, 7) is 6.60. The average Bonchev–Trinajstić information content (AvgIpc) is 3.40. The van der Waals surface area contributed by atoms with Crippen LogP contribution in [0.1, 0.15) is 67.2 Å². The number of rotatable bonds is 8. The van der Waals surface area contributed by atoms with Gasteiger partial charge in [-0.15, -0.1) is 5.10 Å². The molecule has 2 aliphatic rings. The Labute approximate surface area is 216 Å². The summed E-state index contributed by atoms with van der Waals surface area (Å²) in [7, 11) is -1.67. The standard InChI is InChI=1S/C26H31N7O3S/c1-5-25(2,3)37(35,36)26(11-12-26)17-32-13-10-20-22(29-31(4)23(20)24(32)34)21-16-33(30-28-21)15-19-8-6-18(14-27)7-9-19/h6-9,16H,5,10-13,15,17H2,1-4H3. The number of sulfone groups is 1. The van der Waals surface area contributed by atoms with Gasteiger partial charge in [-0.1, -0.05) is 24.3 Å². The molecule has 1 saturated carbocycles. The van der Waals surface area contributed by atoms with Crippen LogP contribution in [0.2, 0.25) is 0 Å². The van der Waals surface area contributed by atoms with Gasteiger partial charge < -0.3 is 4.90 Å². The van der Waals surface area contributed by atoms with Crippen molar-refractivity contribution in [2.75, 3.05) is 13.1 Å². The van der Waals surface area contributed by atoms with E-state index in [4.69, 9.17) is 5.26 Å². The quantitative estimate of drug-likeness (QED) is 0.446. The molecule has 0 bridgehead atoms. The molecular formula is C26H31N7O3S. The first-order chi connectivity index (χ1) is 17.5. The monoisotopic (exact) mass is 521 g/mol. The summed E-state index contributed by atoms with van der Waals surface area (Å²) in [4.78, 5) is 15.2. The Morgan fingerprint density at radius 3 is 2.51 bits per heavy atom. The minimum absolute atomic E-state index is 0.191. The van der Waals surface area contributed by atoms with Crippen molar-refractivity contribution in [2.45, 2.75) is 62.5 Å². The Morgan fingerprint density at radius 2 is 1.89 bits per heavy atom. The van der Waals surface area contributed by atoms with Crippen LogP contribution in [0, 0.1) is 11.3 Å². The van der Waals surface area contributed by atoms with Crippen molar-refractivity contribution in [3.8, 4) is 17.5 Å². The van der Waals surface area contributed by atoms with Crippen molar-refractivity contribution in [1.29, 1.82) is 5.26 Å². The highest BCUT2D eigenvalue weighted by Gasteiger charge is 2.60. The lowest BCUT2D eigenvalue weighted by atomic mass is 10.0. The van der Waals surface area contributed by atoms with Gasteiger partial charge >= 0.3 is 0 Å². The lowest BCUT2D eigenvalue weighted by Crippen LogP contribution is -2.50. The summed E-state index contributed by atoms with van der Waals surface area (Å²) in [5.41, 5.74) is 4.08.